The van der Waals surface area contributed by atoms with Crippen molar-refractivity contribution in [2.45, 2.75) is 6.92 Å². The predicted molar refractivity (Wildman–Crippen MR) is 104 cm³/mol. The summed E-state index contributed by atoms with van der Waals surface area (Å²) in [5.41, 5.74) is 8.97. The highest BCUT2D eigenvalue weighted by Crippen LogP contribution is 2.37. The van der Waals surface area contributed by atoms with Gasteiger partial charge >= 0.3 is 6.03 Å². The van der Waals surface area contributed by atoms with Gasteiger partial charge in [0.25, 0.3) is 11.6 Å². The van der Waals surface area contributed by atoms with E-state index >= 15 is 0 Å². The number of hydrogen-bond acceptors (Lipinski definition) is 5. The average molecular weight is 405 g/mol. The maximum atomic E-state index is 12.7. The monoisotopic (exact) mass is 404 g/mol. The van der Waals surface area contributed by atoms with Crippen LogP contribution in [0.1, 0.15) is 15.2 Å². The van der Waals surface area contributed by atoms with Crippen molar-refractivity contribution in [1.82, 2.24) is 5.43 Å². The van der Waals surface area contributed by atoms with Gasteiger partial charge in [-0.3, -0.25) is 20.3 Å². The first kappa shape index (κ1) is 18.6. The van der Waals surface area contributed by atoms with Crippen LogP contribution in [0.5, 0.6) is 0 Å². The van der Waals surface area contributed by atoms with Gasteiger partial charge < -0.3 is 5.73 Å². The number of thiophene rings is 1. The molecule has 0 bridgehead atoms. The molecule has 0 aliphatic carbocycles. The minimum absolute atomic E-state index is 0.106. The maximum Gasteiger partial charge on any atom is 0.338 e. The van der Waals surface area contributed by atoms with E-state index < -0.39 is 16.9 Å². The molecule has 3 aromatic rings. The molecule has 138 valence electrons. The zero-order chi connectivity index (χ0) is 19.7. The van der Waals surface area contributed by atoms with Crippen LogP contribution in [-0.4, -0.2) is 16.9 Å². The molecule has 1 aromatic heterocycles. The predicted octanol–water partition coefficient (Wildman–Crippen LogP) is 4.00. The smallest absolute Gasteiger partial charge is 0.338 e. The lowest BCUT2D eigenvalue weighted by Gasteiger charge is -2.21. The van der Waals surface area contributed by atoms with Crippen molar-refractivity contribution in [3.05, 3.63) is 68.0 Å². The van der Waals surface area contributed by atoms with E-state index in [0.717, 1.165) is 21.9 Å². The molecule has 1 heterocycles. The topological polar surface area (TPSA) is 119 Å². The third-order valence-electron chi connectivity index (χ3n) is 3.72. The van der Waals surface area contributed by atoms with Crippen LogP contribution < -0.4 is 16.2 Å². The van der Waals surface area contributed by atoms with Gasteiger partial charge in [-0.15, -0.1) is 11.3 Å². The second kappa shape index (κ2) is 7.22. The molecule has 0 aliphatic rings. The molecular formula is C17H13ClN4O4S. The maximum absolute atomic E-state index is 12.7. The Labute approximate surface area is 162 Å². The van der Waals surface area contributed by atoms with E-state index in [2.05, 4.69) is 5.43 Å². The fraction of sp³-hybridized carbons (Fsp3) is 0.0588. The Bertz CT molecular complexity index is 1080. The highest BCUT2D eigenvalue weighted by Gasteiger charge is 2.23. The van der Waals surface area contributed by atoms with Gasteiger partial charge in [0, 0.05) is 22.2 Å². The van der Waals surface area contributed by atoms with E-state index in [1.54, 1.807) is 18.2 Å². The van der Waals surface area contributed by atoms with Crippen molar-refractivity contribution in [3.63, 3.8) is 0 Å². The molecule has 10 heteroatoms. The number of anilines is 1. The number of nitro groups is 1. The molecular weight excluding hydrogens is 392 g/mol. The van der Waals surface area contributed by atoms with E-state index in [4.69, 9.17) is 17.3 Å². The number of carbonyl (C=O) groups excluding carboxylic acids is 2. The van der Waals surface area contributed by atoms with Gasteiger partial charge in [0.2, 0.25) is 0 Å². The van der Waals surface area contributed by atoms with Gasteiger partial charge in [-0.1, -0.05) is 23.7 Å². The molecule has 0 unspecified atom stereocenters. The molecule has 0 radical (unpaired) electrons. The summed E-state index contributed by atoms with van der Waals surface area (Å²) >= 11 is 7.25. The van der Waals surface area contributed by atoms with E-state index in [9.17, 15) is 19.7 Å². The first-order valence-electron chi connectivity index (χ1n) is 7.61. The number of primary amides is 1. The zero-order valence-electron chi connectivity index (χ0n) is 13.9. The molecule has 0 saturated carbocycles. The molecule has 27 heavy (non-hydrogen) atoms. The van der Waals surface area contributed by atoms with Gasteiger partial charge in [-0.2, -0.15) is 0 Å². The third kappa shape index (κ3) is 3.69. The summed E-state index contributed by atoms with van der Waals surface area (Å²) in [6, 6.07) is 10.1. The van der Waals surface area contributed by atoms with Gasteiger partial charge in [0.15, 0.2) is 0 Å². The van der Waals surface area contributed by atoms with Crippen molar-refractivity contribution in [2.24, 2.45) is 5.73 Å². The lowest BCUT2D eigenvalue weighted by Crippen LogP contribution is -2.49. The summed E-state index contributed by atoms with van der Waals surface area (Å²) in [5, 5.41) is 12.5. The number of benzene rings is 2. The molecule has 0 saturated heterocycles. The number of nitrogens with zero attached hydrogens (tertiary/aromatic N) is 2. The minimum atomic E-state index is -0.873. The molecule has 3 N–H and O–H groups in total. The normalized spacial score (nSPS) is 10.6. The Morgan fingerprint density at radius 3 is 2.63 bits per heavy atom. The number of non-ortho nitro benzene ring substituents is 1. The first-order valence-corrected chi connectivity index (χ1v) is 8.81. The molecule has 0 fully saturated rings. The lowest BCUT2D eigenvalue weighted by atomic mass is 10.2. The summed E-state index contributed by atoms with van der Waals surface area (Å²) in [5.74, 6) is -0.649. The van der Waals surface area contributed by atoms with Gasteiger partial charge in [0.05, 0.1) is 15.6 Å². The summed E-state index contributed by atoms with van der Waals surface area (Å²) in [6.07, 6.45) is 0. The Kier molecular flexibility index (Phi) is 4.98. The summed E-state index contributed by atoms with van der Waals surface area (Å²) in [7, 11) is 0. The van der Waals surface area contributed by atoms with Crippen LogP contribution in [0.4, 0.5) is 16.2 Å². The largest absolute Gasteiger partial charge is 0.350 e. The van der Waals surface area contributed by atoms with E-state index in [1.807, 2.05) is 13.0 Å². The Hall–Kier alpha value is -3.17. The van der Waals surface area contributed by atoms with Gasteiger partial charge in [0.1, 0.15) is 4.88 Å². The number of aryl methyl sites for hydroxylation is 1. The summed E-state index contributed by atoms with van der Waals surface area (Å²) in [6.45, 7) is 1.83. The number of amides is 3. The number of fused-ring (bicyclic) bond motifs is 1. The van der Waals surface area contributed by atoms with Crippen LogP contribution in [0, 0.1) is 17.0 Å². The van der Waals surface area contributed by atoms with Crippen LogP contribution in [0.2, 0.25) is 5.02 Å². The highest BCUT2D eigenvalue weighted by molar-refractivity contribution is 7.21. The summed E-state index contributed by atoms with van der Waals surface area (Å²) in [4.78, 5) is 34.9. The second-order valence-corrected chi connectivity index (χ2v) is 7.07. The fourth-order valence-electron chi connectivity index (χ4n) is 2.48. The minimum Gasteiger partial charge on any atom is -0.350 e. The first-order chi connectivity index (χ1) is 12.8. The van der Waals surface area contributed by atoms with E-state index in [1.165, 1.54) is 18.2 Å². The summed E-state index contributed by atoms with van der Waals surface area (Å²) < 4.78 is 0.487. The van der Waals surface area contributed by atoms with Gasteiger partial charge in [-0.05, 0) is 30.7 Å². The number of hydrazine groups is 1. The highest BCUT2D eigenvalue weighted by atomic mass is 35.5. The quantitative estimate of drug-likeness (QED) is 0.506. The number of nitro benzene ring substituents is 1. The van der Waals surface area contributed by atoms with Crippen molar-refractivity contribution in [2.75, 3.05) is 5.01 Å². The number of urea groups is 1. The van der Waals surface area contributed by atoms with Crippen LogP contribution in [0.15, 0.2) is 42.5 Å². The molecule has 8 nitrogen and oxygen atoms in total. The lowest BCUT2D eigenvalue weighted by molar-refractivity contribution is -0.384. The standard InChI is InChI=1S/C17H13ClN4O4S/c1-9-3-2-4-10(7-9)21(17(19)24)20-16(23)15-14(18)12-6-5-11(22(25)26)8-13(12)27-15/h2-8H,1H3,(H2,19,24)(H,20,23). The van der Waals surface area contributed by atoms with Crippen molar-refractivity contribution in [3.8, 4) is 0 Å². The SMILES string of the molecule is Cc1cccc(N(NC(=O)c2sc3cc([N+](=O)[O-])ccc3c2Cl)C(N)=O)c1. The number of halogens is 1. The molecule has 0 spiro atoms. The van der Waals surface area contributed by atoms with Crippen molar-refractivity contribution >= 4 is 56.3 Å². The van der Waals surface area contributed by atoms with E-state index in [-0.39, 0.29) is 15.6 Å². The second-order valence-electron chi connectivity index (χ2n) is 5.64. The van der Waals surface area contributed by atoms with Crippen LogP contribution >= 0.6 is 22.9 Å². The van der Waals surface area contributed by atoms with Crippen molar-refractivity contribution < 1.29 is 14.5 Å². The molecule has 0 atom stereocenters. The number of carbonyl (C=O) groups is 2. The van der Waals surface area contributed by atoms with Gasteiger partial charge in [-0.25, -0.2) is 9.80 Å². The number of nitrogens with one attached hydrogen (secondary N) is 1. The van der Waals surface area contributed by atoms with Crippen molar-refractivity contribution in [1.29, 1.82) is 0 Å². The Balaban J connectivity index is 1.95. The molecule has 3 rings (SSSR count). The average Bonchev–Trinajstić information content (AvgIpc) is 2.95. The van der Waals surface area contributed by atoms with Crippen LogP contribution in [0.3, 0.4) is 0 Å². The number of nitrogens with two attached hydrogens (primary N) is 1. The van der Waals surface area contributed by atoms with Crippen LogP contribution in [-0.2, 0) is 0 Å². The Morgan fingerprint density at radius 2 is 2.00 bits per heavy atom. The number of hydrogen-bond donors (Lipinski definition) is 2. The van der Waals surface area contributed by atoms with E-state index in [0.29, 0.717) is 15.8 Å². The molecule has 3 amide bonds. The molecule has 2 aromatic carbocycles. The third-order valence-corrected chi connectivity index (χ3v) is 5.38. The Morgan fingerprint density at radius 1 is 1.26 bits per heavy atom. The fourth-order valence-corrected chi connectivity index (χ4v) is 3.92. The van der Waals surface area contributed by atoms with Crippen LogP contribution in [0.25, 0.3) is 10.1 Å². The number of rotatable bonds is 3. The zero-order valence-corrected chi connectivity index (χ0v) is 15.5. The molecule has 0 aliphatic heterocycles.